The van der Waals surface area contributed by atoms with Gasteiger partial charge in [-0.05, 0) is 37.0 Å². The fraction of sp³-hybridized carbons (Fsp3) is 0.462. The second-order valence-corrected chi connectivity index (χ2v) is 4.78. The first kappa shape index (κ1) is 11.6. The van der Waals surface area contributed by atoms with Crippen molar-refractivity contribution in [1.29, 1.82) is 0 Å². The normalized spacial score (nSPS) is 13.9. The van der Waals surface area contributed by atoms with Gasteiger partial charge in [-0.1, -0.05) is 22.0 Å². The van der Waals surface area contributed by atoms with Crippen LogP contribution in [0.15, 0.2) is 18.2 Å². The number of hydrogen-bond donors (Lipinski definition) is 0. The molecule has 16 heavy (non-hydrogen) atoms. The van der Waals surface area contributed by atoms with E-state index in [1.165, 1.54) is 0 Å². The molecule has 1 aromatic carbocycles. The molecule has 0 unspecified atom stereocenters. The maximum absolute atomic E-state index is 11.5. The summed E-state index contributed by atoms with van der Waals surface area (Å²) >= 11 is 3.38. The van der Waals surface area contributed by atoms with Crippen LogP contribution in [0.1, 0.15) is 35.2 Å². The molecule has 0 saturated carbocycles. The number of Topliss-reactive ketones (excluding diaryl/α,β-unsaturated/α-hetero) is 1. The first-order chi connectivity index (χ1) is 7.81. The third-order valence-electron chi connectivity index (χ3n) is 2.80. The Bertz CT molecular complexity index is 388. The molecule has 0 amide bonds. The zero-order valence-electron chi connectivity index (χ0n) is 9.17. The highest BCUT2D eigenvalue weighted by Crippen LogP contribution is 2.26. The summed E-state index contributed by atoms with van der Waals surface area (Å²) in [5.41, 5.74) is 2.02. The summed E-state index contributed by atoms with van der Waals surface area (Å²) in [4.78, 5) is 11.5. The molecule has 1 aliphatic rings. The molecule has 2 nitrogen and oxygen atoms in total. The van der Waals surface area contributed by atoms with Gasteiger partial charge in [-0.15, -0.1) is 0 Å². The maximum Gasteiger partial charge on any atom is 0.163 e. The highest BCUT2D eigenvalue weighted by atomic mass is 79.9. The van der Waals surface area contributed by atoms with E-state index in [9.17, 15) is 4.79 Å². The molecule has 0 aromatic heterocycles. The Morgan fingerprint density at radius 3 is 2.94 bits per heavy atom. The van der Waals surface area contributed by atoms with E-state index in [1.807, 2.05) is 18.2 Å². The van der Waals surface area contributed by atoms with Gasteiger partial charge in [-0.2, -0.15) is 0 Å². The molecule has 0 fully saturated rings. The van der Waals surface area contributed by atoms with E-state index < -0.39 is 0 Å². The number of carbonyl (C=O) groups excluding carboxylic acids is 1. The minimum Gasteiger partial charge on any atom is -0.494 e. The van der Waals surface area contributed by atoms with Crippen molar-refractivity contribution in [2.75, 3.05) is 11.9 Å². The van der Waals surface area contributed by atoms with E-state index in [4.69, 9.17) is 4.74 Å². The number of fused-ring (bicyclic) bond motifs is 1. The summed E-state index contributed by atoms with van der Waals surface area (Å²) in [6.07, 6.45) is 3.69. The molecular formula is C13H15BrO2. The smallest absolute Gasteiger partial charge is 0.163 e. The molecule has 0 N–H and O–H groups in total. The zero-order valence-corrected chi connectivity index (χ0v) is 10.8. The molecule has 0 radical (unpaired) electrons. The van der Waals surface area contributed by atoms with Crippen molar-refractivity contribution >= 4 is 21.7 Å². The third kappa shape index (κ3) is 2.64. The van der Waals surface area contributed by atoms with Crippen LogP contribution < -0.4 is 4.74 Å². The van der Waals surface area contributed by atoms with Gasteiger partial charge in [0.05, 0.1) is 6.61 Å². The number of aryl methyl sites for hydroxylation is 1. The Morgan fingerprint density at radius 2 is 2.12 bits per heavy atom. The fourth-order valence-electron chi connectivity index (χ4n) is 1.89. The van der Waals surface area contributed by atoms with Gasteiger partial charge < -0.3 is 4.74 Å². The van der Waals surface area contributed by atoms with Crippen molar-refractivity contribution in [2.45, 2.75) is 25.7 Å². The molecule has 1 aromatic rings. The maximum atomic E-state index is 11.5. The van der Waals surface area contributed by atoms with Gasteiger partial charge in [-0.25, -0.2) is 0 Å². The van der Waals surface area contributed by atoms with Gasteiger partial charge in [-0.3, -0.25) is 4.79 Å². The zero-order chi connectivity index (χ0) is 11.4. The Kier molecular flexibility index (Phi) is 3.99. The standard InChI is InChI=1S/C13H15BrO2/c14-7-1-2-8-16-11-5-3-10-4-6-13(15)12(10)9-11/h3,5,9H,1-2,4,6-8H2. The first-order valence-corrected chi connectivity index (χ1v) is 6.78. The van der Waals surface area contributed by atoms with Crippen molar-refractivity contribution in [3.8, 4) is 5.75 Å². The lowest BCUT2D eigenvalue weighted by molar-refractivity contribution is 0.0994. The van der Waals surface area contributed by atoms with Gasteiger partial charge >= 0.3 is 0 Å². The Balaban J connectivity index is 1.96. The summed E-state index contributed by atoms with van der Waals surface area (Å²) in [5.74, 6) is 1.07. The number of carbonyl (C=O) groups is 1. The van der Waals surface area contributed by atoms with Gasteiger partial charge in [0.2, 0.25) is 0 Å². The molecule has 0 aliphatic heterocycles. The number of benzene rings is 1. The van der Waals surface area contributed by atoms with Crippen LogP contribution in [0.3, 0.4) is 0 Å². The van der Waals surface area contributed by atoms with Crippen LogP contribution in [0.25, 0.3) is 0 Å². The average Bonchev–Trinajstić information content (AvgIpc) is 2.67. The second kappa shape index (κ2) is 5.48. The number of halogens is 1. The van der Waals surface area contributed by atoms with Crippen molar-refractivity contribution < 1.29 is 9.53 Å². The predicted octanol–water partition coefficient (Wildman–Crippen LogP) is 3.37. The Labute approximate surface area is 104 Å². The van der Waals surface area contributed by atoms with E-state index in [-0.39, 0.29) is 5.78 Å². The molecule has 0 spiro atoms. The van der Waals surface area contributed by atoms with E-state index in [0.717, 1.165) is 48.1 Å². The molecular weight excluding hydrogens is 268 g/mol. The van der Waals surface area contributed by atoms with E-state index in [1.54, 1.807) is 0 Å². The molecule has 0 saturated heterocycles. The number of ether oxygens (including phenoxy) is 1. The minimum absolute atomic E-state index is 0.251. The second-order valence-electron chi connectivity index (χ2n) is 3.99. The summed E-state index contributed by atoms with van der Waals surface area (Å²) in [7, 11) is 0. The number of rotatable bonds is 5. The largest absolute Gasteiger partial charge is 0.494 e. The lowest BCUT2D eigenvalue weighted by Gasteiger charge is -2.06. The first-order valence-electron chi connectivity index (χ1n) is 5.66. The number of unbranched alkanes of at least 4 members (excludes halogenated alkanes) is 1. The lowest BCUT2D eigenvalue weighted by Crippen LogP contribution is -1.99. The van der Waals surface area contributed by atoms with Crippen LogP contribution in [-0.2, 0) is 6.42 Å². The monoisotopic (exact) mass is 282 g/mol. The van der Waals surface area contributed by atoms with Gasteiger partial charge in [0, 0.05) is 17.3 Å². The van der Waals surface area contributed by atoms with Crippen LogP contribution in [0.5, 0.6) is 5.75 Å². The predicted molar refractivity (Wildman–Crippen MR) is 67.6 cm³/mol. The summed E-state index contributed by atoms with van der Waals surface area (Å²) in [6, 6.07) is 5.87. The minimum atomic E-state index is 0.251. The van der Waals surface area contributed by atoms with Crippen molar-refractivity contribution in [1.82, 2.24) is 0 Å². The van der Waals surface area contributed by atoms with Crippen LogP contribution in [0.4, 0.5) is 0 Å². The van der Waals surface area contributed by atoms with E-state index in [2.05, 4.69) is 15.9 Å². The Hall–Kier alpha value is -0.830. The van der Waals surface area contributed by atoms with Crippen molar-refractivity contribution in [3.63, 3.8) is 0 Å². The number of alkyl halides is 1. The summed E-state index contributed by atoms with van der Waals surface area (Å²) in [6.45, 7) is 0.721. The van der Waals surface area contributed by atoms with E-state index >= 15 is 0 Å². The fourth-order valence-corrected chi connectivity index (χ4v) is 2.29. The molecule has 2 rings (SSSR count). The average molecular weight is 283 g/mol. The molecule has 1 aliphatic carbocycles. The topological polar surface area (TPSA) is 26.3 Å². The quantitative estimate of drug-likeness (QED) is 0.611. The van der Waals surface area contributed by atoms with Crippen LogP contribution in [0, 0.1) is 0 Å². The SMILES string of the molecule is O=C1CCc2ccc(OCCCCBr)cc21. The van der Waals surface area contributed by atoms with E-state index in [0.29, 0.717) is 6.42 Å². The number of hydrogen-bond acceptors (Lipinski definition) is 2. The van der Waals surface area contributed by atoms with Crippen molar-refractivity contribution in [3.05, 3.63) is 29.3 Å². The molecule has 0 heterocycles. The highest BCUT2D eigenvalue weighted by molar-refractivity contribution is 9.09. The highest BCUT2D eigenvalue weighted by Gasteiger charge is 2.19. The molecule has 3 heteroatoms. The Morgan fingerprint density at radius 1 is 1.25 bits per heavy atom. The van der Waals surface area contributed by atoms with Crippen LogP contribution in [0.2, 0.25) is 0 Å². The van der Waals surface area contributed by atoms with Gasteiger partial charge in [0.25, 0.3) is 0 Å². The van der Waals surface area contributed by atoms with Crippen LogP contribution >= 0.6 is 15.9 Å². The van der Waals surface area contributed by atoms with Gasteiger partial charge in [0.1, 0.15) is 5.75 Å². The number of ketones is 1. The molecule has 86 valence electrons. The van der Waals surface area contributed by atoms with Gasteiger partial charge in [0.15, 0.2) is 5.78 Å². The van der Waals surface area contributed by atoms with Crippen molar-refractivity contribution in [2.24, 2.45) is 0 Å². The molecule has 0 bridgehead atoms. The summed E-state index contributed by atoms with van der Waals surface area (Å²) in [5, 5.41) is 1.01. The molecule has 0 atom stereocenters. The third-order valence-corrected chi connectivity index (χ3v) is 3.36. The lowest BCUT2D eigenvalue weighted by atomic mass is 10.1. The van der Waals surface area contributed by atoms with Crippen LogP contribution in [-0.4, -0.2) is 17.7 Å². The summed E-state index contributed by atoms with van der Waals surface area (Å²) < 4.78 is 5.61.